The lowest BCUT2D eigenvalue weighted by Crippen LogP contribution is -2.44. The molecule has 7 nitrogen and oxygen atoms in total. The van der Waals surface area contributed by atoms with E-state index in [1.54, 1.807) is 27.0 Å². The summed E-state index contributed by atoms with van der Waals surface area (Å²) >= 11 is 0. The van der Waals surface area contributed by atoms with Crippen LogP contribution in [0.25, 0.3) is 0 Å². The van der Waals surface area contributed by atoms with Crippen molar-refractivity contribution in [3.8, 4) is 5.75 Å². The van der Waals surface area contributed by atoms with Crippen LogP contribution >= 0.6 is 0 Å². The Kier molecular flexibility index (Phi) is 5.27. The zero-order chi connectivity index (χ0) is 20.5. The van der Waals surface area contributed by atoms with Gasteiger partial charge in [0.1, 0.15) is 11.3 Å². The second-order valence-corrected chi connectivity index (χ2v) is 7.42. The number of methoxy groups -OCH3 is 1. The first-order valence-electron chi connectivity index (χ1n) is 9.20. The maximum atomic E-state index is 12.9. The van der Waals surface area contributed by atoms with Gasteiger partial charge in [-0.25, -0.2) is 4.79 Å². The Hall–Kier alpha value is -3.09. The van der Waals surface area contributed by atoms with Crippen molar-refractivity contribution in [2.75, 3.05) is 13.7 Å². The topological polar surface area (TPSA) is 91.5 Å². The Bertz CT molecular complexity index is 916. The molecule has 0 saturated carbocycles. The van der Waals surface area contributed by atoms with Gasteiger partial charge in [-0.2, -0.15) is 0 Å². The largest absolute Gasteiger partial charge is 0.497 e. The van der Waals surface area contributed by atoms with E-state index in [0.717, 1.165) is 27.6 Å². The molecule has 0 unspecified atom stereocenters. The summed E-state index contributed by atoms with van der Waals surface area (Å²) in [5.41, 5.74) is 2.11. The molecular weight excluding hydrogens is 358 g/mol. The first kappa shape index (κ1) is 19.7. The van der Waals surface area contributed by atoms with Gasteiger partial charge in [0.25, 0.3) is 5.91 Å². The van der Waals surface area contributed by atoms with Gasteiger partial charge in [-0.3, -0.25) is 14.5 Å². The van der Waals surface area contributed by atoms with Gasteiger partial charge in [0, 0.05) is 17.0 Å². The van der Waals surface area contributed by atoms with Crippen molar-refractivity contribution in [2.24, 2.45) is 0 Å². The molecule has 1 aromatic carbocycles. The summed E-state index contributed by atoms with van der Waals surface area (Å²) in [6, 6.07) is 8.79. The zero-order valence-electron chi connectivity index (χ0n) is 16.6. The van der Waals surface area contributed by atoms with E-state index >= 15 is 0 Å². The Balaban J connectivity index is 1.67. The van der Waals surface area contributed by atoms with Crippen molar-refractivity contribution in [1.82, 2.24) is 15.2 Å². The van der Waals surface area contributed by atoms with Gasteiger partial charge in [-0.1, -0.05) is 12.1 Å². The molecule has 7 heteroatoms. The molecule has 0 aliphatic carbocycles. The summed E-state index contributed by atoms with van der Waals surface area (Å²) in [6.07, 6.45) is 1.06. The average molecular weight is 383 g/mol. The maximum absolute atomic E-state index is 12.9. The summed E-state index contributed by atoms with van der Waals surface area (Å²) in [7, 11) is 1.61. The van der Waals surface area contributed by atoms with Crippen molar-refractivity contribution < 1.29 is 19.1 Å². The standard InChI is InChI=1S/C21H25N3O4/c1-13-11-17(14(2)22-13)18(25)12-24-19(26)21(3,23-20(24)27)10-9-15-5-7-16(28-4)8-6-15/h5-8,11,22H,9-10,12H2,1-4H3,(H,23,27)/t21-/m1/s1. The number of aromatic amines is 1. The minimum atomic E-state index is -1.03. The smallest absolute Gasteiger partial charge is 0.325 e. The molecule has 1 aliphatic heterocycles. The Morgan fingerprint density at radius 2 is 1.86 bits per heavy atom. The zero-order valence-corrected chi connectivity index (χ0v) is 16.6. The molecule has 0 bridgehead atoms. The number of H-pyrrole nitrogens is 1. The number of carbonyl (C=O) groups excluding carboxylic acids is 3. The van der Waals surface area contributed by atoms with E-state index in [1.165, 1.54) is 0 Å². The third-order valence-electron chi connectivity index (χ3n) is 5.17. The van der Waals surface area contributed by atoms with Crippen molar-refractivity contribution >= 4 is 17.7 Å². The fraction of sp³-hybridized carbons (Fsp3) is 0.381. The number of Topliss-reactive ketones (excluding diaryl/α,β-unsaturated/α-hetero) is 1. The van der Waals surface area contributed by atoms with Crippen LogP contribution in [0, 0.1) is 13.8 Å². The highest BCUT2D eigenvalue weighted by molar-refractivity contribution is 6.11. The van der Waals surface area contributed by atoms with Crippen LogP contribution in [-0.4, -0.2) is 46.8 Å². The number of urea groups is 1. The van der Waals surface area contributed by atoms with E-state index in [0.29, 0.717) is 18.4 Å². The van der Waals surface area contributed by atoms with Gasteiger partial charge >= 0.3 is 6.03 Å². The molecular formula is C21H25N3O4. The summed E-state index contributed by atoms with van der Waals surface area (Å²) in [6.45, 7) is 5.09. The van der Waals surface area contributed by atoms with Crippen LogP contribution in [0.15, 0.2) is 30.3 Å². The third-order valence-corrected chi connectivity index (χ3v) is 5.17. The number of benzene rings is 1. The molecule has 1 fully saturated rings. The van der Waals surface area contributed by atoms with Crippen LogP contribution in [0.2, 0.25) is 0 Å². The number of amides is 3. The number of imide groups is 1. The molecule has 1 saturated heterocycles. The highest BCUT2D eigenvalue weighted by Gasteiger charge is 2.47. The Labute approximate surface area is 164 Å². The lowest BCUT2D eigenvalue weighted by Gasteiger charge is -2.21. The van der Waals surface area contributed by atoms with Gasteiger partial charge < -0.3 is 15.0 Å². The number of aryl methyl sites for hydroxylation is 3. The number of carbonyl (C=O) groups is 3. The second kappa shape index (κ2) is 7.50. The number of nitrogens with zero attached hydrogens (tertiary/aromatic N) is 1. The van der Waals surface area contributed by atoms with Crippen molar-refractivity contribution in [1.29, 1.82) is 0 Å². The van der Waals surface area contributed by atoms with Crippen LogP contribution in [0.3, 0.4) is 0 Å². The van der Waals surface area contributed by atoms with Gasteiger partial charge in [-0.05, 0) is 57.4 Å². The number of hydrogen-bond acceptors (Lipinski definition) is 4. The molecule has 148 valence electrons. The number of ether oxygens (including phenoxy) is 1. The molecule has 1 atom stereocenters. The highest BCUT2D eigenvalue weighted by Crippen LogP contribution is 2.24. The molecule has 1 aromatic heterocycles. The first-order valence-corrected chi connectivity index (χ1v) is 9.20. The average Bonchev–Trinajstić information content (AvgIpc) is 3.11. The number of ketones is 1. The predicted molar refractivity (Wildman–Crippen MR) is 105 cm³/mol. The highest BCUT2D eigenvalue weighted by atomic mass is 16.5. The summed E-state index contributed by atoms with van der Waals surface area (Å²) in [5.74, 6) is 0.134. The van der Waals surface area contributed by atoms with E-state index in [-0.39, 0.29) is 18.2 Å². The predicted octanol–water partition coefficient (Wildman–Crippen LogP) is 2.77. The molecule has 0 spiro atoms. The maximum Gasteiger partial charge on any atom is 0.325 e. The molecule has 1 aliphatic rings. The second-order valence-electron chi connectivity index (χ2n) is 7.42. The van der Waals surface area contributed by atoms with Gasteiger partial charge in [0.15, 0.2) is 5.78 Å². The quantitative estimate of drug-likeness (QED) is 0.568. The number of aromatic nitrogens is 1. The number of hydrogen-bond donors (Lipinski definition) is 2. The normalized spacial score (nSPS) is 19.1. The van der Waals surface area contributed by atoms with Crippen molar-refractivity contribution in [3.05, 3.63) is 52.8 Å². The van der Waals surface area contributed by atoms with Crippen molar-refractivity contribution in [2.45, 2.75) is 39.2 Å². The molecule has 2 heterocycles. The van der Waals surface area contributed by atoms with Crippen LogP contribution in [-0.2, 0) is 11.2 Å². The molecule has 2 aromatic rings. The van der Waals surface area contributed by atoms with E-state index < -0.39 is 11.6 Å². The molecule has 2 N–H and O–H groups in total. The van der Waals surface area contributed by atoms with Gasteiger partial charge in [0.2, 0.25) is 0 Å². The summed E-state index contributed by atoms with van der Waals surface area (Å²) in [4.78, 5) is 41.9. The molecule has 0 radical (unpaired) electrons. The minimum absolute atomic E-state index is 0.259. The monoisotopic (exact) mass is 383 g/mol. The fourth-order valence-electron chi connectivity index (χ4n) is 3.49. The number of nitrogens with one attached hydrogen (secondary N) is 2. The lowest BCUT2D eigenvalue weighted by atomic mass is 9.93. The SMILES string of the molecule is COc1ccc(CC[C@@]2(C)NC(=O)N(CC(=O)c3cc(C)[nH]c3C)C2=O)cc1. The number of rotatable bonds is 7. The van der Waals surface area contributed by atoms with Gasteiger partial charge in [-0.15, -0.1) is 0 Å². The van der Waals surface area contributed by atoms with Crippen molar-refractivity contribution in [3.63, 3.8) is 0 Å². The van der Waals surface area contributed by atoms with Crippen LogP contribution in [0.5, 0.6) is 5.75 Å². The van der Waals surface area contributed by atoms with E-state index in [4.69, 9.17) is 4.74 Å². The summed E-state index contributed by atoms with van der Waals surface area (Å²) in [5, 5.41) is 2.75. The van der Waals surface area contributed by atoms with Crippen LogP contribution < -0.4 is 10.1 Å². The van der Waals surface area contributed by atoms with Crippen LogP contribution in [0.4, 0.5) is 4.79 Å². The minimum Gasteiger partial charge on any atom is -0.497 e. The van der Waals surface area contributed by atoms with Gasteiger partial charge in [0.05, 0.1) is 13.7 Å². The Morgan fingerprint density at radius 3 is 2.43 bits per heavy atom. The Morgan fingerprint density at radius 1 is 1.18 bits per heavy atom. The molecule has 28 heavy (non-hydrogen) atoms. The van der Waals surface area contributed by atoms with Crippen LogP contribution in [0.1, 0.15) is 40.7 Å². The molecule has 3 amide bonds. The van der Waals surface area contributed by atoms with E-state index in [1.807, 2.05) is 31.2 Å². The summed E-state index contributed by atoms with van der Waals surface area (Å²) < 4.78 is 5.14. The molecule has 3 rings (SSSR count). The fourth-order valence-corrected chi connectivity index (χ4v) is 3.49. The first-order chi connectivity index (χ1) is 13.2. The third kappa shape index (κ3) is 3.78. The van der Waals surface area contributed by atoms with E-state index in [2.05, 4.69) is 10.3 Å². The lowest BCUT2D eigenvalue weighted by molar-refractivity contribution is -0.130. The van der Waals surface area contributed by atoms with E-state index in [9.17, 15) is 14.4 Å².